The third-order valence-corrected chi connectivity index (χ3v) is 7.81. The highest BCUT2D eigenvalue weighted by molar-refractivity contribution is 9.10. The first-order valence-corrected chi connectivity index (χ1v) is 11.2. The minimum absolute atomic E-state index is 0.0358. The fourth-order valence-corrected chi connectivity index (χ4v) is 5.50. The molecule has 0 spiro atoms. The molecule has 6 nitrogen and oxygen atoms in total. The molecule has 0 unspecified atom stereocenters. The van der Waals surface area contributed by atoms with Gasteiger partial charge >= 0.3 is 0 Å². The molecule has 1 saturated heterocycles. The van der Waals surface area contributed by atoms with E-state index in [9.17, 15) is 13.2 Å². The summed E-state index contributed by atoms with van der Waals surface area (Å²) in [4.78, 5) is 12.8. The van der Waals surface area contributed by atoms with E-state index in [1.54, 1.807) is 6.92 Å². The number of carbonyl (C=O) groups is 1. The molecule has 1 saturated carbocycles. The van der Waals surface area contributed by atoms with Crippen LogP contribution in [0.25, 0.3) is 0 Å². The predicted molar refractivity (Wildman–Crippen MR) is 104 cm³/mol. The number of hydrogen-bond acceptors (Lipinski definition) is 4. The lowest BCUT2D eigenvalue weighted by molar-refractivity contribution is 0.0901. The third kappa shape index (κ3) is 3.46. The summed E-state index contributed by atoms with van der Waals surface area (Å²) in [6.45, 7) is 2.61. The Morgan fingerprint density at radius 3 is 2.41 bits per heavy atom. The molecule has 1 aromatic carbocycles. The van der Waals surface area contributed by atoms with Gasteiger partial charge in [0.15, 0.2) is 5.76 Å². The van der Waals surface area contributed by atoms with Gasteiger partial charge in [0.25, 0.3) is 5.91 Å². The molecule has 4 rings (SSSR count). The van der Waals surface area contributed by atoms with Gasteiger partial charge in [-0.25, -0.2) is 8.42 Å². The van der Waals surface area contributed by atoms with E-state index in [0.717, 1.165) is 35.7 Å². The number of amides is 1. The summed E-state index contributed by atoms with van der Waals surface area (Å²) in [6, 6.07) is 9.21. The van der Waals surface area contributed by atoms with Crippen LogP contribution >= 0.6 is 15.9 Å². The van der Waals surface area contributed by atoms with Gasteiger partial charge in [0.05, 0.1) is 5.54 Å². The quantitative estimate of drug-likeness (QED) is 0.751. The van der Waals surface area contributed by atoms with Crippen LogP contribution in [0, 0.1) is 6.92 Å². The Balaban J connectivity index is 1.56. The first-order valence-electron chi connectivity index (χ1n) is 9.01. The second kappa shape index (κ2) is 6.76. The van der Waals surface area contributed by atoms with E-state index < -0.39 is 15.6 Å². The van der Waals surface area contributed by atoms with Crippen molar-refractivity contribution in [3.8, 4) is 0 Å². The molecule has 2 fully saturated rings. The molecule has 2 heterocycles. The molecule has 27 heavy (non-hydrogen) atoms. The maximum atomic E-state index is 12.8. The molecule has 0 bridgehead atoms. The molecule has 1 aromatic heterocycles. The summed E-state index contributed by atoms with van der Waals surface area (Å²) >= 11 is 3.41. The second-order valence-electron chi connectivity index (χ2n) is 7.19. The number of nitrogens with one attached hydrogen (secondary N) is 1. The lowest BCUT2D eigenvalue weighted by atomic mass is 10.1. The largest absolute Gasteiger partial charge is 0.455 e. The number of furan rings is 1. The Kier molecular flexibility index (Phi) is 4.68. The average molecular weight is 453 g/mol. The van der Waals surface area contributed by atoms with Crippen LogP contribution in [0.1, 0.15) is 47.6 Å². The molecule has 2 aromatic rings. The zero-order valence-electron chi connectivity index (χ0n) is 15.0. The van der Waals surface area contributed by atoms with Gasteiger partial charge in [0.1, 0.15) is 10.7 Å². The van der Waals surface area contributed by atoms with Crippen molar-refractivity contribution >= 4 is 31.9 Å². The van der Waals surface area contributed by atoms with Crippen molar-refractivity contribution in [2.75, 3.05) is 13.1 Å². The van der Waals surface area contributed by atoms with E-state index in [0.29, 0.717) is 13.1 Å². The number of benzene rings is 1. The summed E-state index contributed by atoms with van der Waals surface area (Å²) in [6.07, 6.45) is 3.41. The molecule has 8 heteroatoms. The van der Waals surface area contributed by atoms with Crippen LogP contribution in [0.2, 0.25) is 0 Å². The van der Waals surface area contributed by atoms with Crippen LogP contribution in [0.15, 0.2) is 44.1 Å². The van der Waals surface area contributed by atoms with Gasteiger partial charge in [-0.2, -0.15) is 4.31 Å². The molecule has 1 amide bonds. The summed E-state index contributed by atoms with van der Waals surface area (Å²) in [7, 11) is -3.61. The maximum absolute atomic E-state index is 12.8. The Labute approximate surface area is 167 Å². The zero-order chi connectivity index (χ0) is 19.2. The van der Waals surface area contributed by atoms with Crippen molar-refractivity contribution in [3.05, 3.63) is 51.9 Å². The average Bonchev–Trinajstić information content (AvgIpc) is 3.05. The molecular weight excluding hydrogens is 432 g/mol. The summed E-state index contributed by atoms with van der Waals surface area (Å²) in [5, 5.41) is 3.02. The van der Waals surface area contributed by atoms with Gasteiger partial charge in [-0.05, 0) is 50.3 Å². The summed E-state index contributed by atoms with van der Waals surface area (Å²) in [5.41, 5.74) is 0.638. The molecule has 144 valence electrons. The smallest absolute Gasteiger partial charge is 0.287 e. The van der Waals surface area contributed by atoms with Gasteiger partial charge in [0.2, 0.25) is 10.0 Å². The lowest BCUT2D eigenvalue weighted by Crippen LogP contribution is -2.34. The zero-order valence-corrected chi connectivity index (χ0v) is 17.4. The van der Waals surface area contributed by atoms with Crippen LogP contribution < -0.4 is 5.32 Å². The Bertz CT molecular complexity index is 972. The van der Waals surface area contributed by atoms with Crippen molar-refractivity contribution in [2.45, 2.75) is 43.0 Å². The molecular formula is C19H21BrN2O4S. The second-order valence-corrected chi connectivity index (χ2v) is 10.0. The van der Waals surface area contributed by atoms with Crippen LogP contribution in [0.5, 0.6) is 0 Å². The van der Waals surface area contributed by atoms with Crippen LogP contribution in [-0.4, -0.2) is 31.7 Å². The van der Waals surface area contributed by atoms with E-state index >= 15 is 0 Å². The van der Waals surface area contributed by atoms with Crippen molar-refractivity contribution in [1.29, 1.82) is 0 Å². The SMILES string of the molecule is Cc1oc(C(=O)NC2(c3ccc(Br)cc3)CC2)cc1S(=O)(=O)N1CCCC1. The van der Waals surface area contributed by atoms with E-state index in [1.165, 1.54) is 10.4 Å². The van der Waals surface area contributed by atoms with E-state index in [-0.39, 0.29) is 22.3 Å². The first-order chi connectivity index (χ1) is 12.8. The summed E-state index contributed by atoms with van der Waals surface area (Å²) < 4.78 is 33.5. The fraction of sp³-hybridized carbons (Fsp3) is 0.421. The number of aryl methyl sites for hydroxylation is 1. The van der Waals surface area contributed by atoms with Gasteiger partial charge in [-0.15, -0.1) is 0 Å². The summed E-state index contributed by atoms with van der Waals surface area (Å²) in [5.74, 6) is -0.101. The molecule has 1 aliphatic heterocycles. The van der Waals surface area contributed by atoms with Crippen molar-refractivity contribution in [1.82, 2.24) is 9.62 Å². The van der Waals surface area contributed by atoms with Crippen LogP contribution in [-0.2, 0) is 15.6 Å². The van der Waals surface area contributed by atoms with E-state index in [4.69, 9.17) is 4.42 Å². The normalized spacial score (nSPS) is 19.2. The standard InChI is InChI=1S/C19H21BrN2O4S/c1-13-17(27(24,25)22-10-2-3-11-22)12-16(26-13)18(23)21-19(8-9-19)14-4-6-15(20)7-5-14/h4-7,12H,2-3,8-11H2,1H3,(H,21,23). The minimum atomic E-state index is -3.61. The molecule has 0 radical (unpaired) electrons. The Hall–Kier alpha value is -1.64. The minimum Gasteiger partial charge on any atom is -0.455 e. The van der Waals surface area contributed by atoms with Crippen LogP contribution in [0.4, 0.5) is 0 Å². The number of sulfonamides is 1. The highest BCUT2D eigenvalue weighted by atomic mass is 79.9. The number of hydrogen-bond donors (Lipinski definition) is 1. The van der Waals surface area contributed by atoms with E-state index in [1.807, 2.05) is 24.3 Å². The number of rotatable bonds is 5. The van der Waals surface area contributed by atoms with Crippen LogP contribution in [0.3, 0.4) is 0 Å². The maximum Gasteiger partial charge on any atom is 0.287 e. The monoisotopic (exact) mass is 452 g/mol. The molecule has 2 aliphatic rings. The molecule has 1 aliphatic carbocycles. The number of nitrogens with zero attached hydrogens (tertiary/aromatic N) is 1. The van der Waals surface area contributed by atoms with Crippen molar-refractivity contribution in [2.24, 2.45) is 0 Å². The molecule has 0 atom stereocenters. The van der Waals surface area contributed by atoms with Gasteiger partial charge in [0, 0.05) is 23.6 Å². The topological polar surface area (TPSA) is 79.6 Å². The van der Waals surface area contributed by atoms with Gasteiger partial charge < -0.3 is 9.73 Å². The third-order valence-electron chi connectivity index (χ3n) is 5.28. The number of halogens is 1. The van der Waals surface area contributed by atoms with Crippen molar-refractivity contribution in [3.63, 3.8) is 0 Å². The Morgan fingerprint density at radius 2 is 1.81 bits per heavy atom. The predicted octanol–water partition coefficient (Wildman–Crippen LogP) is 3.55. The Morgan fingerprint density at radius 1 is 1.19 bits per heavy atom. The number of carbonyl (C=O) groups excluding carboxylic acids is 1. The van der Waals surface area contributed by atoms with Gasteiger partial charge in [-0.3, -0.25) is 4.79 Å². The first kappa shape index (κ1) is 18.7. The lowest BCUT2D eigenvalue weighted by Gasteiger charge is -2.17. The highest BCUT2D eigenvalue weighted by Gasteiger charge is 2.46. The van der Waals surface area contributed by atoms with Gasteiger partial charge in [-0.1, -0.05) is 28.1 Å². The highest BCUT2D eigenvalue weighted by Crippen LogP contribution is 2.46. The molecule has 1 N–H and O–H groups in total. The fourth-order valence-electron chi connectivity index (χ4n) is 3.56. The van der Waals surface area contributed by atoms with E-state index in [2.05, 4.69) is 21.2 Å². The van der Waals surface area contributed by atoms with Crippen molar-refractivity contribution < 1.29 is 17.6 Å².